The number of aryl methyl sites for hydroxylation is 1. The molecule has 3 aromatic carbocycles. The van der Waals surface area contributed by atoms with Crippen LogP contribution in [0.4, 0.5) is 30.4 Å². The predicted molar refractivity (Wildman–Crippen MR) is 164 cm³/mol. The van der Waals surface area contributed by atoms with Crippen LogP contribution in [0.5, 0.6) is 11.5 Å². The Balaban J connectivity index is 1.42. The highest BCUT2D eigenvalue weighted by Crippen LogP contribution is 2.31. The molecule has 1 N–H and O–H groups in total. The van der Waals surface area contributed by atoms with Gasteiger partial charge in [-0.15, -0.1) is 13.2 Å². The minimum absolute atomic E-state index is 0.0622. The Morgan fingerprint density at radius 2 is 1.74 bits per heavy atom. The van der Waals surface area contributed by atoms with Crippen LogP contribution in [0.2, 0.25) is 0 Å². The summed E-state index contributed by atoms with van der Waals surface area (Å²) >= 11 is 5.75. The van der Waals surface area contributed by atoms with Crippen molar-refractivity contribution < 1.29 is 46.5 Å². The number of nitrogens with zero attached hydrogens (tertiary/aromatic N) is 5. The van der Waals surface area contributed by atoms with E-state index in [-0.39, 0.29) is 23.2 Å². The molecule has 1 atom stereocenters. The summed E-state index contributed by atoms with van der Waals surface area (Å²) in [4.78, 5) is 34.0. The van der Waals surface area contributed by atoms with E-state index in [1.165, 1.54) is 26.6 Å². The maximum Gasteiger partial charge on any atom is 0.573 e. The lowest BCUT2D eigenvalue weighted by Gasteiger charge is -2.22. The van der Waals surface area contributed by atoms with E-state index in [1.54, 1.807) is 61.6 Å². The lowest BCUT2D eigenvalue weighted by atomic mass is 10.1. The van der Waals surface area contributed by atoms with Gasteiger partial charge < -0.3 is 24.8 Å². The van der Waals surface area contributed by atoms with Gasteiger partial charge in [-0.25, -0.2) is 4.99 Å². The third-order valence-corrected chi connectivity index (χ3v) is 7.32. The number of amides is 2. The SMILES string of the molecule is CCOc1ccc(N2C(=O)C(CC(=O)Nc3ccc(OC(F)(F)F)cc3)N(Cc3c(/N=C(\[O-])c4ccccc4)on[n+]3C)C2=S)cc1. The van der Waals surface area contributed by atoms with Gasteiger partial charge in [-0.2, -0.15) is 0 Å². The zero-order valence-electron chi connectivity index (χ0n) is 24.9. The molecule has 0 bridgehead atoms. The number of benzene rings is 3. The van der Waals surface area contributed by atoms with Crippen molar-refractivity contribution in [1.29, 1.82) is 0 Å². The van der Waals surface area contributed by atoms with Gasteiger partial charge >= 0.3 is 12.2 Å². The summed E-state index contributed by atoms with van der Waals surface area (Å²) in [7, 11) is 1.56. The Kier molecular flexibility index (Phi) is 9.70. The van der Waals surface area contributed by atoms with Crippen LogP contribution in [-0.2, 0) is 23.2 Å². The summed E-state index contributed by atoms with van der Waals surface area (Å²) < 4.78 is 53.6. The lowest BCUT2D eigenvalue weighted by Crippen LogP contribution is -2.42. The third kappa shape index (κ3) is 7.84. The summed E-state index contributed by atoms with van der Waals surface area (Å²) in [6, 6.07) is 18.4. The zero-order valence-corrected chi connectivity index (χ0v) is 25.7. The number of hydrogen-bond acceptors (Lipinski definition) is 9. The summed E-state index contributed by atoms with van der Waals surface area (Å²) in [6.07, 6.45) is -5.26. The second kappa shape index (κ2) is 13.9. The van der Waals surface area contributed by atoms with Gasteiger partial charge in [0.25, 0.3) is 11.6 Å². The molecule has 16 heteroatoms. The van der Waals surface area contributed by atoms with E-state index in [9.17, 15) is 27.9 Å². The van der Waals surface area contributed by atoms with Crippen LogP contribution in [-0.4, -0.2) is 52.0 Å². The number of aliphatic imine (C=N–C) groups is 1. The maximum atomic E-state index is 13.9. The maximum absolute atomic E-state index is 13.9. The Labute approximate surface area is 271 Å². The minimum Gasteiger partial charge on any atom is -0.858 e. The van der Waals surface area contributed by atoms with Crippen LogP contribution in [0, 0.1) is 0 Å². The largest absolute Gasteiger partial charge is 0.858 e. The quantitative estimate of drug-likeness (QED) is 0.110. The molecule has 1 unspecified atom stereocenters. The molecule has 0 aliphatic carbocycles. The second-order valence-corrected chi connectivity index (χ2v) is 10.4. The molecule has 1 aromatic heterocycles. The van der Waals surface area contributed by atoms with Crippen molar-refractivity contribution in [2.45, 2.75) is 32.3 Å². The number of nitrogens with one attached hydrogen (secondary N) is 1. The number of thiocarbonyl (C=S) groups is 1. The monoisotopic (exact) mass is 668 g/mol. The molecule has 1 saturated heterocycles. The first-order valence-corrected chi connectivity index (χ1v) is 14.5. The normalized spacial score (nSPS) is 15.3. The molecular weight excluding hydrogens is 641 g/mol. The van der Waals surface area contributed by atoms with Crippen molar-refractivity contribution in [3.05, 3.63) is 90.1 Å². The molecule has 1 fully saturated rings. The minimum atomic E-state index is -4.87. The van der Waals surface area contributed by atoms with Gasteiger partial charge in [0, 0.05) is 5.69 Å². The average Bonchev–Trinajstić information content (AvgIpc) is 3.49. The van der Waals surface area contributed by atoms with Crippen LogP contribution < -0.4 is 29.5 Å². The van der Waals surface area contributed by atoms with Gasteiger partial charge in [-0.05, 0) is 83.8 Å². The molecule has 1 aliphatic heterocycles. The van der Waals surface area contributed by atoms with E-state index in [0.717, 1.165) is 12.1 Å². The van der Waals surface area contributed by atoms with Gasteiger partial charge in [0.2, 0.25) is 11.2 Å². The number of ether oxygens (including phenoxy) is 2. The van der Waals surface area contributed by atoms with Crippen LogP contribution in [0.1, 0.15) is 24.6 Å². The highest BCUT2D eigenvalue weighted by molar-refractivity contribution is 7.80. The molecule has 0 spiro atoms. The number of carbonyl (C=O) groups excluding carboxylic acids is 2. The molecule has 2 amide bonds. The summed E-state index contributed by atoms with van der Waals surface area (Å²) in [6.45, 7) is 2.16. The van der Waals surface area contributed by atoms with Crippen LogP contribution in [0.3, 0.4) is 0 Å². The van der Waals surface area contributed by atoms with Crippen LogP contribution in [0.15, 0.2) is 88.4 Å². The molecule has 244 valence electrons. The van der Waals surface area contributed by atoms with Gasteiger partial charge in [0.1, 0.15) is 24.1 Å². The lowest BCUT2D eigenvalue weighted by molar-refractivity contribution is -0.746. The van der Waals surface area contributed by atoms with E-state index in [4.69, 9.17) is 21.5 Å². The second-order valence-electron chi connectivity index (χ2n) is 10.1. The highest BCUT2D eigenvalue weighted by Gasteiger charge is 2.46. The first kappa shape index (κ1) is 32.9. The van der Waals surface area contributed by atoms with Crippen LogP contribution >= 0.6 is 12.2 Å². The van der Waals surface area contributed by atoms with Crippen molar-refractivity contribution in [3.8, 4) is 11.5 Å². The van der Waals surface area contributed by atoms with Crippen molar-refractivity contribution in [2.24, 2.45) is 12.0 Å². The van der Waals surface area contributed by atoms with Crippen molar-refractivity contribution in [1.82, 2.24) is 10.2 Å². The summed E-state index contributed by atoms with van der Waals surface area (Å²) in [5.41, 5.74) is 1.22. The average molecular weight is 669 g/mol. The zero-order chi connectivity index (χ0) is 33.7. The van der Waals surface area contributed by atoms with Gasteiger partial charge in [0.15, 0.2) is 12.2 Å². The molecule has 5 rings (SSSR count). The smallest absolute Gasteiger partial charge is 0.573 e. The first-order valence-electron chi connectivity index (χ1n) is 14.1. The van der Waals surface area contributed by atoms with E-state index in [1.807, 2.05) is 6.92 Å². The molecule has 1 aliphatic rings. The fraction of sp³-hybridized carbons (Fsp3) is 0.226. The highest BCUT2D eigenvalue weighted by atomic mass is 32.1. The fourth-order valence-electron chi connectivity index (χ4n) is 4.73. The number of halogens is 3. The first-order chi connectivity index (χ1) is 22.4. The summed E-state index contributed by atoms with van der Waals surface area (Å²) in [5.74, 6) is -1.70. The number of hydrogen-bond donors (Lipinski definition) is 1. The summed E-state index contributed by atoms with van der Waals surface area (Å²) in [5, 5.41) is 19.3. The molecule has 4 aromatic rings. The molecular formula is C31H27F3N6O6S. The van der Waals surface area contributed by atoms with Gasteiger partial charge in [0.05, 0.1) is 18.7 Å². The van der Waals surface area contributed by atoms with E-state index in [0.29, 0.717) is 29.3 Å². The Morgan fingerprint density at radius 3 is 2.38 bits per heavy atom. The Hall–Kier alpha value is -5.51. The van der Waals surface area contributed by atoms with E-state index >= 15 is 0 Å². The number of carbonyl (C=O) groups is 2. The fourth-order valence-corrected chi connectivity index (χ4v) is 5.12. The Morgan fingerprint density at radius 1 is 1.09 bits per heavy atom. The van der Waals surface area contributed by atoms with Crippen molar-refractivity contribution in [2.75, 3.05) is 16.8 Å². The molecule has 2 heterocycles. The molecule has 0 saturated carbocycles. The molecule has 12 nitrogen and oxygen atoms in total. The van der Waals surface area contributed by atoms with Crippen molar-refractivity contribution >= 4 is 52.3 Å². The number of alkyl halides is 3. The Bertz CT molecular complexity index is 1780. The number of rotatable bonds is 11. The van der Waals surface area contributed by atoms with Gasteiger partial charge in [-0.3, -0.25) is 19.0 Å². The number of aromatic nitrogens is 2. The topological polar surface area (TPSA) is 136 Å². The van der Waals surface area contributed by atoms with Gasteiger partial charge in [-0.1, -0.05) is 30.3 Å². The van der Waals surface area contributed by atoms with E-state index < -0.39 is 42.3 Å². The standard InChI is InChI=1S/C31H27F3N6O6S/c1-3-44-22-15-11-21(12-16-22)40-29(43)24(17-26(41)35-20-9-13-23(14-10-20)45-31(32,33)34)39(30(40)47)18-25-28(46-37-38(25)2)36-27(42)19-7-5-4-6-8-19/h4-16,24H,3,17-18H2,1-2H3,(H-,35,36,37,41,42). The third-order valence-electron chi connectivity index (χ3n) is 6.91. The van der Waals surface area contributed by atoms with Crippen molar-refractivity contribution in [3.63, 3.8) is 0 Å². The predicted octanol–water partition coefficient (Wildman–Crippen LogP) is 3.77. The van der Waals surface area contributed by atoms with E-state index in [2.05, 4.69) is 20.3 Å². The van der Waals surface area contributed by atoms with Crippen LogP contribution in [0.25, 0.3) is 0 Å². The molecule has 47 heavy (non-hydrogen) atoms. The number of anilines is 2. The molecule has 0 radical (unpaired) electrons.